The van der Waals surface area contributed by atoms with E-state index >= 15 is 0 Å². The van der Waals surface area contributed by atoms with Crippen LogP contribution in [0, 0.1) is 30.7 Å². The van der Waals surface area contributed by atoms with Crippen LogP contribution in [0.15, 0.2) is 30.6 Å². The molecule has 0 aromatic carbocycles. The zero-order valence-electron chi connectivity index (χ0n) is 19.5. The minimum atomic E-state index is -4.94. The molecule has 0 aliphatic carbocycles. The first-order valence-corrected chi connectivity index (χ1v) is 15.4. The summed E-state index contributed by atoms with van der Waals surface area (Å²) >= 11 is 0. The Bertz CT molecular complexity index is 420. The van der Waals surface area contributed by atoms with Crippen LogP contribution in [0.4, 0.5) is 0 Å². The first kappa shape index (κ1) is 45.6. The molecule has 0 bridgehead atoms. The smallest absolute Gasteiger partial charge is 0.265 e. The third kappa shape index (κ3) is 106. The van der Waals surface area contributed by atoms with Crippen molar-refractivity contribution in [3.05, 3.63) is 30.6 Å². The summed E-state index contributed by atoms with van der Waals surface area (Å²) in [5.41, 5.74) is 0. The molecule has 0 atom stereocenters. The summed E-state index contributed by atoms with van der Waals surface area (Å²) in [5, 5.41) is 0. The van der Waals surface area contributed by atoms with Crippen molar-refractivity contribution in [3.8, 4) is 0 Å². The minimum Gasteiger partial charge on any atom is -0.265 e. The Balaban J connectivity index is -0.000000115. The molecule has 0 amide bonds. The molecular weight excluding hydrogens is 744 g/mol. The molecule has 35 heavy (non-hydrogen) atoms. The number of hydrogen-bond acceptors (Lipinski definition) is 13. The van der Waals surface area contributed by atoms with Crippen LogP contribution in [0.1, 0.15) is 59.3 Å². The van der Waals surface area contributed by atoms with Gasteiger partial charge in [0.1, 0.15) is 0 Å². The van der Waals surface area contributed by atoms with Crippen molar-refractivity contribution in [2.45, 2.75) is 59.3 Å². The van der Waals surface area contributed by atoms with E-state index in [-0.39, 0.29) is 22.4 Å². The fourth-order valence-electron chi connectivity index (χ4n) is 1.79. The first-order valence-electron chi connectivity index (χ1n) is 9.77. The fraction of sp³-hybridized carbons (Fsp3) is 0.706. The normalized spacial score (nSPS) is 10.6. The van der Waals surface area contributed by atoms with E-state index in [0.29, 0.717) is 7.92 Å². The van der Waals surface area contributed by atoms with Gasteiger partial charge < -0.3 is 0 Å². The average Bonchev–Trinajstić information content (AvgIpc) is 2.65. The van der Waals surface area contributed by atoms with Gasteiger partial charge in [-0.05, 0) is 49.9 Å². The number of unbranched alkanes of at least 4 members (excludes halogenated alkanes) is 3. The summed E-state index contributed by atoms with van der Waals surface area (Å²) in [5.74, 6) is 0. The Morgan fingerprint density at radius 2 is 0.743 bits per heavy atom. The van der Waals surface area contributed by atoms with Gasteiger partial charge in [-0.15, -0.1) is 38.7 Å². The van der Waals surface area contributed by atoms with Gasteiger partial charge in [-0.1, -0.05) is 46.1 Å². The van der Waals surface area contributed by atoms with Gasteiger partial charge in [-0.25, -0.2) is 55.9 Å². The van der Waals surface area contributed by atoms with E-state index in [0.717, 1.165) is 0 Å². The zero-order chi connectivity index (χ0) is 27.7. The van der Waals surface area contributed by atoms with Crippen molar-refractivity contribution in [2.75, 3.05) is 18.5 Å². The molecule has 0 saturated heterocycles. The topological polar surface area (TPSA) is 290 Å². The Labute approximate surface area is 229 Å². The summed E-state index contributed by atoms with van der Waals surface area (Å²) in [6, 6.07) is 5.72. The van der Waals surface area contributed by atoms with E-state index in [9.17, 15) is 0 Å². The molecule has 0 fully saturated rings. The molecule has 0 radical (unpaired) electrons. The molecule has 0 aliphatic heterocycles. The predicted molar refractivity (Wildman–Crippen MR) is 90.5 cm³/mol. The zero-order valence-corrected chi connectivity index (χ0v) is 24.8. The summed E-state index contributed by atoms with van der Waals surface area (Å²) in [7, 11) is -14.4. The van der Waals surface area contributed by atoms with Gasteiger partial charge in [0.25, 0.3) is 0 Å². The molecule has 0 saturated carbocycles. The third-order valence-electron chi connectivity index (χ3n) is 3.05. The first-order chi connectivity index (χ1) is 15.3. The second-order valence-corrected chi connectivity index (χ2v) is 11.0. The van der Waals surface area contributed by atoms with Gasteiger partial charge in [-0.3, -0.25) is 4.98 Å². The van der Waals surface area contributed by atoms with Crippen molar-refractivity contribution in [3.63, 3.8) is 0 Å². The maximum Gasteiger partial charge on any atom is 3.00 e. The summed E-state index contributed by atoms with van der Waals surface area (Å²) in [4.78, 5) is 3.78. The number of aromatic nitrogens is 1. The quantitative estimate of drug-likeness (QED) is 0.167. The van der Waals surface area contributed by atoms with Gasteiger partial charge in [-0.2, -0.15) is 0 Å². The average molecular weight is 777 g/mol. The van der Waals surface area contributed by atoms with Crippen molar-refractivity contribution < 1.29 is 109 Å². The summed E-state index contributed by atoms with van der Waals surface area (Å²) in [6.07, 6.45) is 16.7. The molecule has 18 heteroatoms. The summed E-state index contributed by atoms with van der Waals surface area (Å²) < 4.78 is 102. The minimum absolute atomic E-state index is 0. The molecule has 0 N–H and O–H groups in total. The molecule has 0 spiro atoms. The number of hydrogen-bond donors (Lipinski definition) is 0. The Morgan fingerprint density at radius 1 is 0.514 bits per heavy atom. The van der Waals surface area contributed by atoms with Gasteiger partial charge in [0, 0.05) is 12.4 Å². The van der Waals surface area contributed by atoms with E-state index in [4.69, 9.17) is 55.9 Å². The molecule has 1 rings (SSSR count). The maximum atomic E-state index is 8.49. The van der Waals surface area contributed by atoms with Crippen molar-refractivity contribution in [2.24, 2.45) is 0 Å². The van der Waals surface area contributed by atoms with Crippen molar-refractivity contribution in [1.29, 1.82) is 0 Å². The van der Waals surface area contributed by atoms with Crippen molar-refractivity contribution in [1.82, 2.24) is 4.98 Å². The second-order valence-electron chi connectivity index (χ2n) is 6.06. The van der Waals surface area contributed by atoms with E-state index in [1.165, 1.54) is 38.5 Å². The van der Waals surface area contributed by atoms with Crippen LogP contribution in [-0.2, 0) is 22.4 Å². The van der Waals surface area contributed by atoms with Crippen LogP contribution < -0.4 is 55.9 Å². The molecular formula is C17H32AuCl3NO12P. The van der Waals surface area contributed by atoms with Crippen LogP contribution in [0.5, 0.6) is 0 Å². The number of halogens is 3. The molecule has 0 unspecified atom stereocenters. The molecule has 13 nitrogen and oxygen atoms in total. The van der Waals surface area contributed by atoms with E-state index < -0.39 is 30.7 Å². The van der Waals surface area contributed by atoms with E-state index in [2.05, 4.69) is 25.8 Å². The number of nitrogens with zero attached hydrogens (tertiary/aromatic N) is 1. The molecule has 1 aromatic rings. The third-order valence-corrected chi connectivity index (χ3v) is 5.90. The van der Waals surface area contributed by atoms with E-state index in [1.807, 2.05) is 18.2 Å². The van der Waals surface area contributed by atoms with Gasteiger partial charge in [0.15, 0.2) is 0 Å². The largest absolute Gasteiger partial charge is 3.00 e. The Kier molecular flexibility index (Phi) is 38.1. The van der Waals surface area contributed by atoms with Gasteiger partial charge in [0.2, 0.25) is 0 Å². The fourth-order valence-corrected chi connectivity index (χ4v) is 4.75. The van der Waals surface area contributed by atoms with Crippen LogP contribution in [0.2, 0.25) is 0 Å². The maximum absolute atomic E-state index is 8.49. The number of pyridine rings is 1. The van der Waals surface area contributed by atoms with E-state index in [1.54, 1.807) is 30.9 Å². The number of rotatable bonds is 9. The summed E-state index contributed by atoms with van der Waals surface area (Å²) in [6.45, 7) is 6.94. The Morgan fingerprint density at radius 3 is 0.857 bits per heavy atom. The van der Waals surface area contributed by atoms with Gasteiger partial charge in [0.05, 0.1) is 0 Å². The van der Waals surface area contributed by atoms with Crippen LogP contribution >= 0.6 is 7.92 Å². The van der Waals surface area contributed by atoms with Crippen LogP contribution in [0.3, 0.4) is 0 Å². The van der Waals surface area contributed by atoms with Crippen molar-refractivity contribution >= 4 is 7.92 Å². The standard InChI is InChI=1S/C12H27P.C5H5N.Au.3ClHO4/c1-4-7-10-13(11-8-5-2)12-9-6-3;1-2-4-6-5-3-1;;3*2-1(3,4)5/h4-12H2,1-3H3;1-5H;;3*(H,2,3,4,5)/q;;+3;;;/p-3. The molecule has 214 valence electrons. The second kappa shape index (κ2) is 29.3. The van der Waals surface area contributed by atoms with Gasteiger partial charge >= 0.3 is 22.4 Å². The SMILES string of the molecule is CCCCP(CCCC)CCCC.[Au+3].[O-][Cl+3]([O-])([O-])[O-].[O-][Cl+3]([O-])([O-])[O-].[O-][Cl+3]([O-])([O-])[O-].c1ccncc1. The van der Waals surface area contributed by atoms with Crippen LogP contribution in [0.25, 0.3) is 0 Å². The molecule has 0 aliphatic rings. The van der Waals surface area contributed by atoms with Crippen LogP contribution in [-0.4, -0.2) is 23.5 Å². The predicted octanol–water partition coefficient (Wildman–Crippen LogP) is -8.32. The molecule has 1 aromatic heterocycles. The monoisotopic (exact) mass is 775 g/mol. The Hall–Kier alpha value is 0.710. The molecule has 1 heterocycles.